The summed E-state index contributed by atoms with van der Waals surface area (Å²) in [6, 6.07) is 7.99. The van der Waals surface area contributed by atoms with Gasteiger partial charge in [-0.15, -0.1) is 0 Å². The van der Waals surface area contributed by atoms with Gasteiger partial charge >= 0.3 is 0 Å². The highest BCUT2D eigenvalue weighted by atomic mass is 19.3. The summed E-state index contributed by atoms with van der Waals surface area (Å²) < 4.78 is 26.9. The summed E-state index contributed by atoms with van der Waals surface area (Å²) in [5.74, 6) is -2.68. The Morgan fingerprint density at radius 2 is 1.71 bits per heavy atom. The van der Waals surface area contributed by atoms with E-state index in [2.05, 4.69) is 6.92 Å². The van der Waals surface area contributed by atoms with E-state index < -0.39 is 5.92 Å². The number of hydrogen-bond donors (Lipinski definition) is 0. The maximum Gasteiger partial charge on any atom is 0.273 e. The fraction of sp³-hybridized carbons (Fsp3) is 0.417. The maximum atomic E-state index is 13.5. The van der Waals surface area contributed by atoms with Gasteiger partial charge < -0.3 is 0 Å². The van der Waals surface area contributed by atoms with Gasteiger partial charge in [-0.2, -0.15) is 0 Å². The van der Waals surface area contributed by atoms with Crippen molar-refractivity contribution in [2.24, 2.45) is 0 Å². The van der Waals surface area contributed by atoms with Gasteiger partial charge in [-0.25, -0.2) is 8.78 Å². The predicted molar refractivity (Wildman–Crippen MR) is 54.2 cm³/mol. The molecule has 1 aromatic rings. The number of alkyl halides is 2. The summed E-state index contributed by atoms with van der Waals surface area (Å²) >= 11 is 0. The zero-order chi connectivity index (χ0) is 10.4. The first-order valence-electron chi connectivity index (χ1n) is 4.89. The standard InChI is InChI=1S/C12H15F2/c1-2-3-7-10-12(13,14)11-8-5-4-6-9-11/h4-6,8-9H,1-3,7,10H2. The van der Waals surface area contributed by atoms with Crippen molar-refractivity contribution in [3.63, 3.8) is 0 Å². The second-order valence-electron chi connectivity index (χ2n) is 3.38. The first-order chi connectivity index (χ1) is 6.67. The van der Waals surface area contributed by atoms with E-state index in [4.69, 9.17) is 0 Å². The minimum atomic E-state index is -2.68. The van der Waals surface area contributed by atoms with Crippen molar-refractivity contribution in [2.75, 3.05) is 0 Å². The van der Waals surface area contributed by atoms with Crippen molar-refractivity contribution >= 4 is 0 Å². The first-order valence-corrected chi connectivity index (χ1v) is 4.89. The lowest BCUT2D eigenvalue weighted by atomic mass is 10.0. The number of halogens is 2. The topological polar surface area (TPSA) is 0 Å². The van der Waals surface area contributed by atoms with Crippen molar-refractivity contribution in [3.05, 3.63) is 42.8 Å². The molecule has 1 rings (SSSR count). The number of hydrogen-bond acceptors (Lipinski definition) is 0. The quantitative estimate of drug-likeness (QED) is 0.621. The van der Waals surface area contributed by atoms with Crippen LogP contribution in [0, 0.1) is 6.92 Å². The van der Waals surface area contributed by atoms with Crippen molar-refractivity contribution in [2.45, 2.75) is 31.6 Å². The summed E-state index contributed by atoms with van der Waals surface area (Å²) in [5.41, 5.74) is 0.115. The molecule has 0 nitrogen and oxygen atoms in total. The van der Waals surface area contributed by atoms with Crippen LogP contribution in [0.2, 0.25) is 0 Å². The minimum Gasteiger partial charge on any atom is -0.201 e. The summed E-state index contributed by atoms with van der Waals surface area (Å²) in [6.07, 6.45) is 1.95. The Hall–Kier alpha value is -0.920. The Morgan fingerprint density at radius 3 is 2.29 bits per heavy atom. The summed E-state index contributed by atoms with van der Waals surface area (Å²) in [5, 5.41) is 0. The minimum absolute atomic E-state index is 0.0769. The highest BCUT2D eigenvalue weighted by Gasteiger charge is 2.29. The molecule has 0 atom stereocenters. The molecule has 0 fully saturated rings. The van der Waals surface area contributed by atoms with Crippen LogP contribution in [0.4, 0.5) is 8.78 Å². The Kier molecular flexibility index (Phi) is 4.05. The van der Waals surface area contributed by atoms with Gasteiger partial charge in [-0.3, -0.25) is 0 Å². The van der Waals surface area contributed by atoms with Crippen molar-refractivity contribution in [3.8, 4) is 0 Å². The van der Waals surface area contributed by atoms with E-state index in [1.165, 1.54) is 12.1 Å². The molecule has 77 valence electrons. The molecule has 1 aromatic carbocycles. The van der Waals surface area contributed by atoms with E-state index in [0.29, 0.717) is 6.42 Å². The van der Waals surface area contributed by atoms with Gasteiger partial charge in [0, 0.05) is 12.0 Å². The SMILES string of the molecule is [CH2]CCCCC(F)(F)c1ccccc1. The third-order valence-corrected chi connectivity index (χ3v) is 2.19. The Balaban J connectivity index is 2.56. The second-order valence-corrected chi connectivity index (χ2v) is 3.38. The van der Waals surface area contributed by atoms with Crippen LogP contribution in [0.5, 0.6) is 0 Å². The van der Waals surface area contributed by atoms with E-state index in [1.54, 1.807) is 18.2 Å². The molecule has 0 unspecified atom stereocenters. The van der Waals surface area contributed by atoms with Gasteiger partial charge in [0.1, 0.15) is 0 Å². The predicted octanol–water partition coefficient (Wildman–Crippen LogP) is 4.17. The van der Waals surface area contributed by atoms with Gasteiger partial charge in [0.05, 0.1) is 0 Å². The fourth-order valence-corrected chi connectivity index (χ4v) is 1.35. The van der Waals surface area contributed by atoms with Crippen molar-refractivity contribution in [1.29, 1.82) is 0 Å². The van der Waals surface area contributed by atoms with Crippen LogP contribution in [0.3, 0.4) is 0 Å². The van der Waals surface area contributed by atoms with Gasteiger partial charge in [0.2, 0.25) is 0 Å². The van der Waals surface area contributed by atoms with Crippen molar-refractivity contribution < 1.29 is 8.78 Å². The Morgan fingerprint density at radius 1 is 1.07 bits per heavy atom. The molecule has 0 bridgehead atoms. The highest BCUT2D eigenvalue weighted by molar-refractivity contribution is 5.19. The first kappa shape index (κ1) is 11.2. The van der Waals surface area contributed by atoms with Crippen molar-refractivity contribution in [1.82, 2.24) is 0 Å². The number of rotatable bonds is 5. The van der Waals surface area contributed by atoms with Crippen LogP contribution < -0.4 is 0 Å². The molecule has 0 aliphatic carbocycles. The molecule has 0 spiro atoms. The fourth-order valence-electron chi connectivity index (χ4n) is 1.35. The number of benzene rings is 1. The average Bonchev–Trinajstić information content (AvgIpc) is 2.19. The summed E-state index contributed by atoms with van der Waals surface area (Å²) in [7, 11) is 0. The van der Waals surface area contributed by atoms with E-state index in [9.17, 15) is 8.78 Å². The summed E-state index contributed by atoms with van der Waals surface area (Å²) in [6.45, 7) is 3.63. The molecule has 0 heterocycles. The van der Waals surface area contributed by atoms with E-state index in [-0.39, 0.29) is 12.0 Å². The molecule has 0 saturated carbocycles. The maximum absolute atomic E-state index is 13.5. The molecular formula is C12H15F2. The monoisotopic (exact) mass is 197 g/mol. The zero-order valence-corrected chi connectivity index (χ0v) is 8.18. The van der Waals surface area contributed by atoms with Crippen LogP contribution in [-0.4, -0.2) is 0 Å². The van der Waals surface area contributed by atoms with Gasteiger partial charge in [0.25, 0.3) is 5.92 Å². The molecule has 0 saturated heterocycles. The lowest BCUT2D eigenvalue weighted by Gasteiger charge is -2.16. The smallest absolute Gasteiger partial charge is 0.201 e. The molecule has 0 amide bonds. The van der Waals surface area contributed by atoms with E-state index >= 15 is 0 Å². The van der Waals surface area contributed by atoms with Gasteiger partial charge in [0.15, 0.2) is 0 Å². The van der Waals surface area contributed by atoms with Gasteiger partial charge in [-0.1, -0.05) is 50.1 Å². The highest BCUT2D eigenvalue weighted by Crippen LogP contribution is 2.33. The molecule has 0 aliphatic heterocycles. The molecule has 2 heteroatoms. The lowest BCUT2D eigenvalue weighted by Crippen LogP contribution is -2.12. The Labute approximate surface area is 84.0 Å². The second kappa shape index (κ2) is 5.08. The molecule has 14 heavy (non-hydrogen) atoms. The molecular weight excluding hydrogens is 182 g/mol. The van der Waals surface area contributed by atoms with E-state index in [0.717, 1.165) is 12.8 Å². The largest absolute Gasteiger partial charge is 0.273 e. The van der Waals surface area contributed by atoms with Gasteiger partial charge in [-0.05, 0) is 6.42 Å². The lowest BCUT2D eigenvalue weighted by molar-refractivity contribution is -0.0156. The molecule has 1 radical (unpaired) electrons. The third-order valence-electron chi connectivity index (χ3n) is 2.19. The molecule has 0 aromatic heterocycles. The van der Waals surface area contributed by atoms with E-state index in [1.807, 2.05) is 0 Å². The number of unbranched alkanes of at least 4 members (excludes halogenated alkanes) is 2. The normalized spacial score (nSPS) is 11.6. The third kappa shape index (κ3) is 3.09. The zero-order valence-electron chi connectivity index (χ0n) is 8.18. The Bertz CT molecular complexity index is 254. The van der Waals surface area contributed by atoms with Crippen LogP contribution >= 0.6 is 0 Å². The molecule has 0 aliphatic rings. The van der Waals surface area contributed by atoms with Crippen LogP contribution in [0.25, 0.3) is 0 Å². The average molecular weight is 197 g/mol. The van der Waals surface area contributed by atoms with Crippen LogP contribution in [0.15, 0.2) is 30.3 Å². The summed E-state index contributed by atoms with van der Waals surface area (Å²) in [4.78, 5) is 0. The molecule has 0 N–H and O–H groups in total. The van der Waals surface area contributed by atoms with Crippen LogP contribution in [-0.2, 0) is 5.92 Å². The van der Waals surface area contributed by atoms with Crippen LogP contribution in [0.1, 0.15) is 31.2 Å².